The van der Waals surface area contributed by atoms with Crippen molar-refractivity contribution in [3.05, 3.63) is 40.3 Å². The third kappa shape index (κ3) is 4.07. The minimum atomic E-state index is -4.74. The van der Waals surface area contributed by atoms with Crippen LogP contribution >= 0.6 is 11.3 Å². The van der Waals surface area contributed by atoms with Gasteiger partial charge < -0.3 is 15.8 Å². The van der Waals surface area contributed by atoms with E-state index in [-0.39, 0.29) is 11.7 Å². The molecule has 0 radical (unpaired) electrons. The zero-order valence-electron chi connectivity index (χ0n) is 13.4. The van der Waals surface area contributed by atoms with Gasteiger partial charge in [0, 0.05) is 10.6 Å². The summed E-state index contributed by atoms with van der Waals surface area (Å²) in [4.78, 5) is 13.7. The largest absolute Gasteiger partial charge is 0.573 e. The lowest BCUT2D eigenvalue weighted by atomic mass is 9.88. The lowest BCUT2D eigenvalue weighted by molar-refractivity contribution is -0.274. The highest BCUT2D eigenvalue weighted by molar-refractivity contribution is 7.16. The maximum atomic E-state index is 12.6. The average molecular weight is 370 g/mol. The molecule has 1 aromatic heterocycles. The Morgan fingerprint density at radius 2 is 2.00 bits per heavy atom. The molecule has 3 rings (SSSR count). The first-order valence-corrected chi connectivity index (χ1v) is 8.62. The number of hydrogen-bond acceptors (Lipinski definition) is 4. The van der Waals surface area contributed by atoms with E-state index in [0.29, 0.717) is 22.2 Å². The van der Waals surface area contributed by atoms with Gasteiger partial charge in [-0.05, 0) is 55.0 Å². The van der Waals surface area contributed by atoms with Crippen molar-refractivity contribution < 1.29 is 22.7 Å². The number of nitrogen functional groups attached to an aromatic ring is 1. The third-order valence-corrected chi connectivity index (χ3v) is 5.20. The van der Waals surface area contributed by atoms with Gasteiger partial charge in [0.2, 0.25) is 0 Å². The molecular weight excluding hydrogens is 353 g/mol. The fraction of sp³-hybridized carbons (Fsp3) is 0.353. The standard InChI is InChI=1S/C17H17F3N2O2S/c1-9-2-7-12-13(8-9)25-15(21)14(12)16(23)22-10-3-5-11(6-4-10)24-17(18,19)20/h3-6,9H,2,7-8,21H2,1H3,(H,22,23). The van der Waals surface area contributed by atoms with Crippen LogP contribution in [-0.2, 0) is 12.8 Å². The van der Waals surface area contributed by atoms with Crippen LogP contribution in [0.4, 0.5) is 23.9 Å². The quantitative estimate of drug-likeness (QED) is 0.830. The van der Waals surface area contributed by atoms with Gasteiger partial charge >= 0.3 is 6.36 Å². The minimum Gasteiger partial charge on any atom is -0.406 e. The van der Waals surface area contributed by atoms with Gasteiger partial charge in [-0.3, -0.25) is 4.79 Å². The molecule has 0 saturated carbocycles. The Labute approximate surface area is 146 Å². The van der Waals surface area contributed by atoms with Crippen LogP contribution in [0, 0.1) is 5.92 Å². The molecule has 1 amide bonds. The summed E-state index contributed by atoms with van der Waals surface area (Å²) in [7, 11) is 0. The van der Waals surface area contributed by atoms with E-state index in [9.17, 15) is 18.0 Å². The molecule has 0 aliphatic heterocycles. The molecule has 1 unspecified atom stereocenters. The molecule has 3 N–H and O–H groups in total. The van der Waals surface area contributed by atoms with Gasteiger partial charge in [0.1, 0.15) is 5.75 Å². The highest BCUT2D eigenvalue weighted by atomic mass is 32.1. The summed E-state index contributed by atoms with van der Waals surface area (Å²) in [6, 6.07) is 5.01. The van der Waals surface area contributed by atoms with Crippen LogP contribution in [0.3, 0.4) is 0 Å². The fourth-order valence-corrected chi connectivity index (χ4v) is 4.23. The number of thiophene rings is 1. The predicted octanol–water partition coefficient (Wildman–Crippen LogP) is 4.61. The summed E-state index contributed by atoms with van der Waals surface area (Å²) in [5.74, 6) is -0.108. The molecule has 1 atom stereocenters. The van der Waals surface area contributed by atoms with Gasteiger partial charge in [0.15, 0.2) is 0 Å². The summed E-state index contributed by atoms with van der Waals surface area (Å²) in [5.41, 5.74) is 7.89. The van der Waals surface area contributed by atoms with E-state index in [1.165, 1.54) is 23.5 Å². The first-order chi connectivity index (χ1) is 11.7. The molecule has 1 heterocycles. The van der Waals surface area contributed by atoms with E-state index in [4.69, 9.17) is 5.73 Å². The average Bonchev–Trinajstić information content (AvgIpc) is 2.82. The number of halogens is 3. The van der Waals surface area contributed by atoms with Crippen molar-refractivity contribution in [3.63, 3.8) is 0 Å². The Bertz CT molecular complexity index is 784. The summed E-state index contributed by atoms with van der Waals surface area (Å²) in [5, 5.41) is 3.17. The number of anilines is 2. The Kier molecular flexibility index (Phi) is 4.64. The maximum absolute atomic E-state index is 12.6. The molecule has 0 bridgehead atoms. The maximum Gasteiger partial charge on any atom is 0.573 e. The molecular formula is C17H17F3N2O2S. The number of nitrogens with two attached hydrogens (primary N) is 1. The van der Waals surface area contributed by atoms with Gasteiger partial charge in [-0.2, -0.15) is 0 Å². The minimum absolute atomic E-state index is 0.339. The van der Waals surface area contributed by atoms with E-state index in [1.54, 1.807) is 0 Å². The molecule has 2 aromatic rings. The second kappa shape index (κ2) is 6.59. The number of carbonyl (C=O) groups is 1. The van der Waals surface area contributed by atoms with Gasteiger partial charge in [-0.15, -0.1) is 24.5 Å². The van der Waals surface area contributed by atoms with Crippen LogP contribution in [0.25, 0.3) is 0 Å². The van der Waals surface area contributed by atoms with Crippen LogP contribution in [0.15, 0.2) is 24.3 Å². The monoisotopic (exact) mass is 370 g/mol. The van der Waals surface area contributed by atoms with E-state index in [0.717, 1.165) is 41.8 Å². The Hall–Kier alpha value is -2.22. The van der Waals surface area contributed by atoms with Gasteiger partial charge in [-0.25, -0.2) is 0 Å². The Morgan fingerprint density at radius 1 is 1.32 bits per heavy atom. The second-order valence-electron chi connectivity index (χ2n) is 6.12. The van der Waals surface area contributed by atoms with Crippen LogP contribution in [-0.4, -0.2) is 12.3 Å². The summed E-state index contributed by atoms with van der Waals surface area (Å²) in [6.07, 6.45) is -2.01. The van der Waals surface area contributed by atoms with E-state index < -0.39 is 6.36 Å². The number of carbonyl (C=O) groups excluding carboxylic acids is 1. The van der Waals surface area contributed by atoms with Crippen molar-refractivity contribution in [2.75, 3.05) is 11.1 Å². The predicted molar refractivity (Wildman–Crippen MR) is 91.0 cm³/mol. The van der Waals surface area contributed by atoms with E-state index in [2.05, 4.69) is 17.0 Å². The van der Waals surface area contributed by atoms with E-state index in [1.807, 2.05) is 0 Å². The van der Waals surface area contributed by atoms with Crippen molar-refractivity contribution in [2.24, 2.45) is 5.92 Å². The molecule has 1 aliphatic rings. The third-order valence-electron chi connectivity index (χ3n) is 4.11. The zero-order valence-corrected chi connectivity index (χ0v) is 14.3. The summed E-state index contributed by atoms with van der Waals surface area (Å²) < 4.78 is 40.3. The first-order valence-electron chi connectivity index (χ1n) is 7.80. The fourth-order valence-electron chi connectivity index (χ4n) is 2.95. The lowest BCUT2D eigenvalue weighted by Gasteiger charge is -2.18. The highest BCUT2D eigenvalue weighted by Crippen LogP contribution is 2.38. The zero-order chi connectivity index (χ0) is 18.2. The molecule has 25 heavy (non-hydrogen) atoms. The molecule has 0 fully saturated rings. The number of rotatable bonds is 3. The Morgan fingerprint density at radius 3 is 2.64 bits per heavy atom. The molecule has 4 nitrogen and oxygen atoms in total. The number of ether oxygens (including phenoxy) is 1. The highest BCUT2D eigenvalue weighted by Gasteiger charge is 2.31. The molecule has 8 heteroatoms. The number of alkyl halides is 3. The van der Waals surface area contributed by atoms with Crippen molar-refractivity contribution in [1.82, 2.24) is 0 Å². The van der Waals surface area contributed by atoms with Crippen LogP contribution in [0.1, 0.15) is 34.1 Å². The number of fused-ring (bicyclic) bond motifs is 1. The van der Waals surface area contributed by atoms with Crippen LogP contribution in [0.5, 0.6) is 5.75 Å². The normalized spacial score (nSPS) is 17.0. The SMILES string of the molecule is CC1CCc2c(sc(N)c2C(=O)Nc2ccc(OC(F)(F)F)cc2)C1. The van der Waals surface area contributed by atoms with Crippen LogP contribution in [0.2, 0.25) is 0 Å². The van der Waals surface area contributed by atoms with Crippen LogP contribution < -0.4 is 15.8 Å². The second-order valence-corrected chi connectivity index (χ2v) is 7.25. The van der Waals surface area contributed by atoms with Crippen molar-refractivity contribution in [3.8, 4) is 5.75 Å². The lowest BCUT2D eigenvalue weighted by Crippen LogP contribution is -2.18. The number of nitrogens with one attached hydrogen (secondary N) is 1. The van der Waals surface area contributed by atoms with Crippen molar-refractivity contribution in [1.29, 1.82) is 0 Å². The number of hydrogen-bond donors (Lipinski definition) is 2. The smallest absolute Gasteiger partial charge is 0.406 e. The number of amides is 1. The van der Waals surface area contributed by atoms with Crippen molar-refractivity contribution >= 4 is 27.9 Å². The summed E-state index contributed by atoms with van der Waals surface area (Å²) >= 11 is 1.44. The van der Waals surface area contributed by atoms with Crippen molar-refractivity contribution in [2.45, 2.75) is 32.5 Å². The van der Waals surface area contributed by atoms with Gasteiger partial charge in [0.25, 0.3) is 5.91 Å². The van der Waals surface area contributed by atoms with E-state index >= 15 is 0 Å². The van der Waals surface area contributed by atoms with Gasteiger partial charge in [-0.1, -0.05) is 6.92 Å². The molecule has 1 aromatic carbocycles. The molecule has 1 aliphatic carbocycles. The van der Waals surface area contributed by atoms with Gasteiger partial charge in [0.05, 0.1) is 10.6 Å². The summed E-state index contributed by atoms with van der Waals surface area (Å²) in [6.45, 7) is 2.17. The molecule has 0 spiro atoms. The topological polar surface area (TPSA) is 64.4 Å². The Balaban J connectivity index is 1.75. The molecule has 0 saturated heterocycles. The first kappa shape index (κ1) is 17.6. The molecule has 134 valence electrons. The number of benzene rings is 1.